The topological polar surface area (TPSA) is 101 Å². The molecule has 0 radical (unpaired) electrons. The molecule has 0 atom stereocenters. The molecule has 0 unspecified atom stereocenters. The molecule has 0 bridgehead atoms. The first-order valence-corrected chi connectivity index (χ1v) is 8.64. The van der Waals surface area contributed by atoms with Crippen molar-refractivity contribution in [3.05, 3.63) is 61.8 Å². The molecule has 0 saturated carbocycles. The van der Waals surface area contributed by atoms with Crippen molar-refractivity contribution in [3.8, 4) is 0 Å². The molecule has 1 aromatic carbocycles. The van der Waals surface area contributed by atoms with E-state index >= 15 is 0 Å². The van der Waals surface area contributed by atoms with Crippen LogP contribution in [0, 0.1) is 10.1 Å². The standard InChI is InChI=1S/C17H18N2O5S/c1-2-6-18(7-5-15-4-3-8-25-15)16(20)12-9-13(17(21)22)11-14(10-12)19(23)24/h3-4,8-11H,2,5-7H2,1H3,(H,21,22). The molecule has 7 nitrogen and oxygen atoms in total. The van der Waals surface area contributed by atoms with Gasteiger partial charge in [0.25, 0.3) is 11.6 Å². The Kier molecular flexibility index (Phi) is 6.24. The van der Waals surface area contributed by atoms with Crippen molar-refractivity contribution in [1.29, 1.82) is 0 Å². The van der Waals surface area contributed by atoms with Gasteiger partial charge in [0.05, 0.1) is 10.5 Å². The van der Waals surface area contributed by atoms with Gasteiger partial charge in [0.2, 0.25) is 0 Å². The second kappa shape index (κ2) is 8.39. The third kappa shape index (κ3) is 4.87. The van der Waals surface area contributed by atoms with Crippen LogP contribution in [0.4, 0.5) is 5.69 Å². The number of nitro groups is 1. The number of hydrogen-bond acceptors (Lipinski definition) is 5. The highest BCUT2D eigenvalue weighted by Gasteiger charge is 2.21. The van der Waals surface area contributed by atoms with Crippen molar-refractivity contribution < 1.29 is 19.6 Å². The Morgan fingerprint density at radius 1 is 1.24 bits per heavy atom. The molecule has 0 saturated heterocycles. The molecule has 1 N–H and O–H groups in total. The van der Waals surface area contributed by atoms with Crippen LogP contribution in [0.25, 0.3) is 0 Å². The van der Waals surface area contributed by atoms with Crippen molar-refractivity contribution >= 4 is 28.9 Å². The van der Waals surface area contributed by atoms with Crippen LogP contribution in [0.5, 0.6) is 0 Å². The average Bonchev–Trinajstić information content (AvgIpc) is 3.11. The Hall–Kier alpha value is -2.74. The maximum absolute atomic E-state index is 12.8. The van der Waals surface area contributed by atoms with Crippen LogP contribution in [0.3, 0.4) is 0 Å². The third-order valence-corrected chi connectivity index (χ3v) is 4.55. The Morgan fingerprint density at radius 3 is 2.52 bits per heavy atom. The van der Waals surface area contributed by atoms with E-state index in [0.29, 0.717) is 19.5 Å². The predicted octanol–water partition coefficient (Wildman–Crippen LogP) is 3.45. The summed E-state index contributed by atoms with van der Waals surface area (Å²) in [6.45, 7) is 2.90. The first-order chi connectivity index (χ1) is 11.9. The number of amides is 1. The number of rotatable bonds is 8. The Labute approximate surface area is 148 Å². The zero-order valence-corrected chi connectivity index (χ0v) is 14.5. The van der Waals surface area contributed by atoms with Gasteiger partial charge in [-0.05, 0) is 30.4 Å². The highest BCUT2D eigenvalue weighted by atomic mass is 32.1. The van der Waals surface area contributed by atoms with Gasteiger partial charge >= 0.3 is 5.97 Å². The number of non-ortho nitro benzene ring substituents is 1. The van der Waals surface area contributed by atoms with Crippen LogP contribution in [-0.2, 0) is 6.42 Å². The first-order valence-electron chi connectivity index (χ1n) is 7.76. The molecule has 2 rings (SSSR count). The van der Waals surface area contributed by atoms with Crippen LogP contribution in [0.15, 0.2) is 35.7 Å². The molecular formula is C17H18N2O5S. The highest BCUT2D eigenvalue weighted by Crippen LogP contribution is 2.20. The summed E-state index contributed by atoms with van der Waals surface area (Å²) >= 11 is 1.60. The molecule has 1 heterocycles. The van der Waals surface area contributed by atoms with Crippen molar-refractivity contribution in [2.24, 2.45) is 0 Å². The van der Waals surface area contributed by atoms with Crippen LogP contribution in [-0.4, -0.2) is 39.9 Å². The smallest absolute Gasteiger partial charge is 0.335 e. The van der Waals surface area contributed by atoms with Gasteiger partial charge < -0.3 is 10.0 Å². The molecule has 0 spiro atoms. The lowest BCUT2D eigenvalue weighted by atomic mass is 10.1. The summed E-state index contributed by atoms with van der Waals surface area (Å²) in [5, 5.41) is 22.1. The van der Waals surface area contributed by atoms with E-state index in [-0.39, 0.29) is 11.1 Å². The molecule has 0 aliphatic rings. The second-order valence-corrected chi connectivity index (χ2v) is 6.48. The highest BCUT2D eigenvalue weighted by molar-refractivity contribution is 7.09. The van der Waals surface area contributed by atoms with Gasteiger partial charge in [0.15, 0.2) is 0 Å². The molecule has 0 aliphatic carbocycles. The molecular weight excluding hydrogens is 344 g/mol. The van der Waals surface area contributed by atoms with E-state index in [9.17, 15) is 19.7 Å². The van der Waals surface area contributed by atoms with E-state index in [1.807, 2.05) is 24.4 Å². The summed E-state index contributed by atoms with van der Waals surface area (Å²) in [4.78, 5) is 37.0. The number of aromatic carboxylic acids is 1. The number of carbonyl (C=O) groups is 2. The lowest BCUT2D eigenvalue weighted by Crippen LogP contribution is -2.33. The third-order valence-electron chi connectivity index (χ3n) is 3.61. The van der Waals surface area contributed by atoms with Crippen LogP contribution >= 0.6 is 11.3 Å². The minimum Gasteiger partial charge on any atom is -0.478 e. The molecule has 0 fully saturated rings. The molecule has 1 amide bonds. The van der Waals surface area contributed by atoms with E-state index in [2.05, 4.69) is 0 Å². The van der Waals surface area contributed by atoms with Gasteiger partial charge in [-0.15, -0.1) is 11.3 Å². The fraction of sp³-hybridized carbons (Fsp3) is 0.294. The first kappa shape index (κ1) is 18.6. The quantitative estimate of drug-likeness (QED) is 0.572. The molecule has 8 heteroatoms. The van der Waals surface area contributed by atoms with Crippen molar-refractivity contribution in [3.63, 3.8) is 0 Å². The van der Waals surface area contributed by atoms with Crippen molar-refractivity contribution in [2.45, 2.75) is 19.8 Å². The van der Waals surface area contributed by atoms with Crippen LogP contribution < -0.4 is 0 Å². The van der Waals surface area contributed by atoms with E-state index in [4.69, 9.17) is 5.11 Å². The van der Waals surface area contributed by atoms with Gasteiger partial charge in [0, 0.05) is 35.7 Å². The molecule has 25 heavy (non-hydrogen) atoms. The Morgan fingerprint density at radius 2 is 1.96 bits per heavy atom. The number of nitro benzene ring substituents is 1. The van der Waals surface area contributed by atoms with Gasteiger partial charge in [-0.3, -0.25) is 14.9 Å². The van der Waals surface area contributed by atoms with Gasteiger partial charge in [-0.2, -0.15) is 0 Å². The minimum absolute atomic E-state index is 0.0197. The largest absolute Gasteiger partial charge is 0.478 e. The zero-order valence-electron chi connectivity index (χ0n) is 13.7. The van der Waals surface area contributed by atoms with E-state index in [1.54, 1.807) is 16.2 Å². The Balaban J connectivity index is 2.27. The normalized spacial score (nSPS) is 10.4. The predicted molar refractivity (Wildman–Crippen MR) is 94.3 cm³/mol. The zero-order chi connectivity index (χ0) is 18.4. The maximum Gasteiger partial charge on any atom is 0.335 e. The summed E-state index contributed by atoms with van der Waals surface area (Å²) < 4.78 is 0. The number of nitrogens with zero attached hydrogens (tertiary/aromatic N) is 2. The van der Waals surface area contributed by atoms with Crippen LogP contribution in [0.2, 0.25) is 0 Å². The maximum atomic E-state index is 12.8. The Bertz CT molecular complexity index is 741. The van der Waals surface area contributed by atoms with Crippen molar-refractivity contribution in [1.82, 2.24) is 4.90 Å². The summed E-state index contributed by atoms with van der Waals surface area (Å²) in [5.74, 6) is -1.71. The summed E-state index contributed by atoms with van der Waals surface area (Å²) in [5.41, 5.74) is -0.656. The van der Waals surface area contributed by atoms with E-state index < -0.39 is 22.5 Å². The number of thiophene rings is 1. The van der Waals surface area contributed by atoms with Crippen LogP contribution in [0.1, 0.15) is 38.9 Å². The molecule has 2 aromatic rings. The average molecular weight is 362 g/mol. The van der Waals surface area contributed by atoms with E-state index in [1.165, 1.54) is 6.07 Å². The number of carbonyl (C=O) groups excluding carboxylic acids is 1. The molecule has 0 aliphatic heterocycles. The summed E-state index contributed by atoms with van der Waals surface area (Å²) in [6, 6.07) is 7.18. The van der Waals surface area contributed by atoms with Gasteiger partial charge in [-0.1, -0.05) is 13.0 Å². The second-order valence-electron chi connectivity index (χ2n) is 5.45. The monoisotopic (exact) mass is 362 g/mol. The summed E-state index contributed by atoms with van der Waals surface area (Å²) in [7, 11) is 0. The molecule has 1 aromatic heterocycles. The number of carboxylic acids is 1. The number of benzene rings is 1. The fourth-order valence-corrected chi connectivity index (χ4v) is 3.13. The van der Waals surface area contributed by atoms with E-state index in [0.717, 1.165) is 23.4 Å². The molecule has 132 valence electrons. The summed E-state index contributed by atoms with van der Waals surface area (Å²) in [6.07, 6.45) is 1.42. The lowest BCUT2D eigenvalue weighted by molar-refractivity contribution is -0.384. The number of hydrogen-bond donors (Lipinski definition) is 1. The fourth-order valence-electron chi connectivity index (χ4n) is 2.43. The van der Waals surface area contributed by atoms with Crippen molar-refractivity contribution in [2.75, 3.05) is 13.1 Å². The lowest BCUT2D eigenvalue weighted by Gasteiger charge is -2.22. The SMILES string of the molecule is CCCN(CCc1cccs1)C(=O)c1cc(C(=O)O)cc([N+](=O)[O-])c1. The minimum atomic E-state index is -1.31. The number of carboxylic acid groups (broad SMARTS) is 1. The van der Waals surface area contributed by atoms with Gasteiger partial charge in [-0.25, -0.2) is 4.79 Å². The van der Waals surface area contributed by atoms with Gasteiger partial charge in [0.1, 0.15) is 0 Å².